The fraction of sp³-hybridized carbons (Fsp3) is 0.471. The monoisotopic (exact) mass is 418 g/mol. The van der Waals surface area contributed by atoms with Crippen LogP contribution in [0.15, 0.2) is 18.2 Å². The van der Waals surface area contributed by atoms with Crippen LogP contribution in [0.1, 0.15) is 26.7 Å². The number of hydrogen-bond acceptors (Lipinski definition) is 6. The summed E-state index contributed by atoms with van der Waals surface area (Å²) in [5.74, 6) is -0.909. The normalized spacial score (nSPS) is 12.8. The summed E-state index contributed by atoms with van der Waals surface area (Å²) in [5, 5.41) is 5.54. The topological polar surface area (TPSA) is 106 Å². The Morgan fingerprint density at radius 2 is 2.04 bits per heavy atom. The minimum absolute atomic E-state index is 0.0179. The summed E-state index contributed by atoms with van der Waals surface area (Å²) in [4.78, 5) is 27.8. The third-order valence-electron chi connectivity index (χ3n) is 3.74. The highest BCUT2D eigenvalue weighted by molar-refractivity contribution is 7.22. The van der Waals surface area contributed by atoms with Gasteiger partial charge in [-0.2, -0.15) is 0 Å². The van der Waals surface area contributed by atoms with Crippen LogP contribution < -0.4 is 21.1 Å². The fourth-order valence-electron chi connectivity index (χ4n) is 2.22. The lowest BCUT2D eigenvalue weighted by Gasteiger charge is -2.15. The number of aromatic nitrogens is 1. The summed E-state index contributed by atoms with van der Waals surface area (Å²) in [6.07, 6.45) is -4.21. The molecule has 4 N–H and O–H groups in total. The second-order valence-corrected chi connectivity index (χ2v) is 7.44. The van der Waals surface area contributed by atoms with Gasteiger partial charge in [-0.15, -0.1) is 13.2 Å². The molecule has 0 unspecified atom stereocenters. The van der Waals surface area contributed by atoms with E-state index in [1.165, 1.54) is 12.1 Å². The van der Waals surface area contributed by atoms with Crippen molar-refractivity contribution in [3.8, 4) is 5.75 Å². The standard InChI is InChI=1S/C17H21F3N4O3S/c1-9(2)14(21)15(26)22-7-3-4-13(25)24-16-23-11-6-5-10(8-12(11)28-16)27-17(18,19)20/h5-6,8-9,14H,3-4,7,21H2,1-2H3,(H,22,26)(H,23,24,25)/t14-/m0/s1. The van der Waals surface area contributed by atoms with Gasteiger partial charge in [-0.3, -0.25) is 9.59 Å². The van der Waals surface area contributed by atoms with Crippen LogP contribution in [0, 0.1) is 5.92 Å². The van der Waals surface area contributed by atoms with Gasteiger partial charge in [0.1, 0.15) is 5.75 Å². The maximum atomic E-state index is 12.3. The van der Waals surface area contributed by atoms with E-state index < -0.39 is 12.4 Å². The van der Waals surface area contributed by atoms with Crippen LogP contribution in [-0.4, -0.2) is 35.7 Å². The Labute approximate surface area is 163 Å². The van der Waals surface area contributed by atoms with Gasteiger partial charge in [-0.05, 0) is 24.5 Å². The van der Waals surface area contributed by atoms with E-state index >= 15 is 0 Å². The van der Waals surface area contributed by atoms with Crippen LogP contribution >= 0.6 is 11.3 Å². The molecule has 0 fully saturated rings. The Balaban J connectivity index is 1.83. The molecule has 1 aromatic carbocycles. The van der Waals surface area contributed by atoms with Crippen molar-refractivity contribution in [1.29, 1.82) is 0 Å². The molecule has 0 aliphatic carbocycles. The third-order valence-corrected chi connectivity index (χ3v) is 4.67. The number of amides is 2. The fourth-order valence-corrected chi connectivity index (χ4v) is 3.13. The van der Waals surface area contributed by atoms with Gasteiger partial charge in [0.25, 0.3) is 0 Å². The Morgan fingerprint density at radius 1 is 1.32 bits per heavy atom. The molecule has 28 heavy (non-hydrogen) atoms. The number of alkyl halides is 3. The predicted octanol–water partition coefficient (Wildman–Crippen LogP) is 3.01. The summed E-state index contributed by atoms with van der Waals surface area (Å²) in [7, 11) is 0. The number of anilines is 1. The van der Waals surface area contributed by atoms with Gasteiger partial charge in [0.05, 0.1) is 16.3 Å². The molecule has 2 aromatic rings. The van der Waals surface area contributed by atoms with E-state index in [0.717, 1.165) is 17.4 Å². The largest absolute Gasteiger partial charge is 0.573 e. The molecule has 1 atom stereocenters. The minimum Gasteiger partial charge on any atom is -0.406 e. The molecule has 1 heterocycles. The summed E-state index contributed by atoms with van der Waals surface area (Å²) < 4.78 is 41.1. The molecule has 1 aromatic heterocycles. The van der Waals surface area contributed by atoms with E-state index in [2.05, 4.69) is 20.4 Å². The highest BCUT2D eigenvalue weighted by Gasteiger charge is 2.31. The quantitative estimate of drug-likeness (QED) is 0.572. The predicted molar refractivity (Wildman–Crippen MR) is 100.0 cm³/mol. The zero-order chi connectivity index (χ0) is 20.9. The molecular weight excluding hydrogens is 397 g/mol. The van der Waals surface area contributed by atoms with Crippen molar-refractivity contribution >= 4 is 38.5 Å². The molecular formula is C17H21F3N4O3S. The van der Waals surface area contributed by atoms with Crippen molar-refractivity contribution in [2.75, 3.05) is 11.9 Å². The zero-order valence-corrected chi connectivity index (χ0v) is 16.1. The number of benzene rings is 1. The van der Waals surface area contributed by atoms with Crippen LogP contribution in [0.3, 0.4) is 0 Å². The van der Waals surface area contributed by atoms with Crippen molar-refractivity contribution in [2.45, 2.75) is 39.1 Å². The number of carbonyl (C=O) groups is 2. The highest BCUT2D eigenvalue weighted by Crippen LogP contribution is 2.31. The second-order valence-electron chi connectivity index (χ2n) is 6.41. The maximum Gasteiger partial charge on any atom is 0.573 e. The summed E-state index contributed by atoms with van der Waals surface area (Å²) in [6, 6.07) is 3.16. The molecule has 11 heteroatoms. The van der Waals surface area contributed by atoms with Crippen LogP contribution in [0.2, 0.25) is 0 Å². The van der Waals surface area contributed by atoms with Gasteiger partial charge in [0.15, 0.2) is 5.13 Å². The van der Waals surface area contributed by atoms with E-state index in [0.29, 0.717) is 23.2 Å². The van der Waals surface area contributed by atoms with Gasteiger partial charge in [0.2, 0.25) is 11.8 Å². The minimum atomic E-state index is -4.77. The van der Waals surface area contributed by atoms with Crippen molar-refractivity contribution in [2.24, 2.45) is 11.7 Å². The SMILES string of the molecule is CC(C)[C@H](N)C(=O)NCCCC(=O)Nc1nc2ccc(OC(F)(F)F)cc2s1. The van der Waals surface area contributed by atoms with Gasteiger partial charge in [-0.1, -0.05) is 25.2 Å². The average molecular weight is 418 g/mol. The number of ether oxygens (including phenoxy) is 1. The summed E-state index contributed by atoms with van der Waals surface area (Å²) in [5.41, 5.74) is 6.16. The maximum absolute atomic E-state index is 12.3. The first kappa shape index (κ1) is 21.9. The number of nitrogens with zero attached hydrogens (tertiary/aromatic N) is 1. The lowest BCUT2D eigenvalue weighted by molar-refractivity contribution is -0.274. The van der Waals surface area contributed by atoms with E-state index in [-0.39, 0.29) is 35.0 Å². The average Bonchev–Trinajstić information content (AvgIpc) is 2.97. The highest BCUT2D eigenvalue weighted by atomic mass is 32.1. The first-order chi connectivity index (χ1) is 13.0. The smallest absolute Gasteiger partial charge is 0.406 e. The summed E-state index contributed by atoms with van der Waals surface area (Å²) >= 11 is 1.04. The van der Waals surface area contributed by atoms with E-state index in [4.69, 9.17) is 5.73 Å². The molecule has 0 spiro atoms. The van der Waals surface area contributed by atoms with E-state index in [1.807, 2.05) is 13.8 Å². The number of rotatable bonds is 8. The molecule has 2 amide bonds. The number of nitrogens with one attached hydrogen (secondary N) is 2. The molecule has 0 saturated heterocycles. The van der Waals surface area contributed by atoms with E-state index in [1.54, 1.807) is 0 Å². The van der Waals surface area contributed by atoms with Crippen molar-refractivity contribution in [3.63, 3.8) is 0 Å². The number of hydrogen-bond donors (Lipinski definition) is 3. The van der Waals surface area contributed by atoms with Crippen molar-refractivity contribution < 1.29 is 27.5 Å². The lowest BCUT2D eigenvalue weighted by atomic mass is 10.1. The number of halogens is 3. The molecule has 7 nitrogen and oxygen atoms in total. The molecule has 154 valence electrons. The number of nitrogens with two attached hydrogens (primary N) is 1. The van der Waals surface area contributed by atoms with Gasteiger partial charge < -0.3 is 21.1 Å². The molecule has 0 aliphatic heterocycles. The molecule has 0 saturated carbocycles. The Morgan fingerprint density at radius 3 is 2.68 bits per heavy atom. The third kappa shape index (κ3) is 6.64. The second kappa shape index (κ2) is 9.20. The Hall–Kier alpha value is -2.40. The first-order valence-corrected chi connectivity index (χ1v) is 9.36. The Kier molecular flexibility index (Phi) is 7.19. The molecule has 0 aliphatic rings. The lowest BCUT2D eigenvalue weighted by Crippen LogP contribution is -2.44. The molecule has 0 bridgehead atoms. The van der Waals surface area contributed by atoms with Crippen molar-refractivity contribution in [1.82, 2.24) is 10.3 Å². The zero-order valence-electron chi connectivity index (χ0n) is 15.3. The van der Waals surface area contributed by atoms with Crippen LogP contribution in [-0.2, 0) is 9.59 Å². The van der Waals surface area contributed by atoms with Crippen molar-refractivity contribution in [3.05, 3.63) is 18.2 Å². The first-order valence-electron chi connectivity index (χ1n) is 8.54. The number of fused-ring (bicyclic) bond motifs is 1. The van der Waals surface area contributed by atoms with Gasteiger partial charge >= 0.3 is 6.36 Å². The van der Waals surface area contributed by atoms with E-state index in [9.17, 15) is 22.8 Å². The van der Waals surface area contributed by atoms with Crippen LogP contribution in [0.4, 0.5) is 18.3 Å². The van der Waals surface area contributed by atoms with Gasteiger partial charge in [0, 0.05) is 19.0 Å². The summed E-state index contributed by atoms with van der Waals surface area (Å²) in [6.45, 7) is 3.99. The molecule has 0 radical (unpaired) electrons. The van der Waals surface area contributed by atoms with Crippen LogP contribution in [0.25, 0.3) is 10.2 Å². The van der Waals surface area contributed by atoms with Crippen LogP contribution in [0.5, 0.6) is 5.75 Å². The molecule has 2 rings (SSSR count). The Bertz CT molecular complexity index is 839. The number of thiazole rings is 1. The number of carbonyl (C=O) groups excluding carboxylic acids is 2. The van der Waals surface area contributed by atoms with Gasteiger partial charge in [-0.25, -0.2) is 4.98 Å².